The average molecular weight is 386 g/mol. The second kappa shape index (κ2) is 8.39. The van der Waals surface area contributed by atoms with Crippen molar-refractivity contribution in [3.05, 3.63) is 78.5 Å². The molecule has 0 N–H and O–H groups in total. The molecular formula is C23H18N2O4. The van der Waals surface area contributed by atoms with Crippen molar-refractivity contribution < 1.29 is 18.7 Å². The molecule has 144 valence electrons. The second-order valence-electron chi connectivity index (χ2n) is 6.12. The zero-order valence-electron chi connectivity index (χ0n) is 15.7. The molecule has 0 fully saturated rings. The molecule has 0 aliphatic heterocycles. The van der Waals surface area contributed by atoms with Crippen LogP contribution in [0.5, 0.6) is 11.5 Å². The fourth-order valence-corrected chi connectivity index (χ4v) is 2.72. The fourth-order valence-electron chi connectivity index (χ4n) is 2.72. The Kier molecular flexibility index (Phi) is 5.33. The monoisotopic (exact) mass is 386 g/mol. The van der Waals surface area contributed by atoms with Crippen molar-refractivity contribution in [2.75, 3.05) is 6.61 Å². The van der Waals surface area contributed by atoms with Crippen LogP contribution < -0.4 is 9.47 Å². The van der Waals surface area contributed by atoms with Gasteiger partial charge < -0.3 is 13.9 Å². The molecule has 0 bridgehead atoms. The minimum Gasteiger partial charge on any atom is -0.494 e. The summed E-state index contributed by atoms with van der Waals surface area (Å²) in [5.74, 6) is 1.10. The average Bonchev–Trinajstić information content (AvgIpc) is 3.18. The van der Waals surface area contributed by atoms with Crippen LogP contribution in [0.4, 0.5) is 0 Å². The highest BCUT2D eigenvalue weighted by Gasteiger charge is 2.11. The first-order valence-corrected chi connectivity index (χ1v) is 9.16. The topological polar surface area (TPSA) is 74.5 Å². The van der Waals surface area contributed by atoms with E-state index in [9.17, 15) is 4.79 Å². The first-order valence-electron chi connectivity index (χ1n) is 9.16. The molecule has 29 heavy (non-hydrogen) atoms. The number of carbonyl (C=O) groups excluding carboxylic acids is 1. The number of hydrogen-bond donors (Lipinski definition) is 0. The third kappa shape index (κ3) is 4.50. The quantitative estimate of drug-likeness (QED) is 0.266. The van der Waals surface area contributed by atoms with Crippen molar-refractivity contribution in [3.8, 4) is 23.1 Å². The molecule has 4 rings (SSSR count). The number of rotatable bonds is 6. The molecule has 0 atom stereocenters. The SMILES string of the molecule is CCOc1ccc(/C=C/C(=O)Oc2ccc3nc(-c4ccccn4)oc3c2)cc1. The van der Waals surface area contributed by atoms with Crippen molar-refractivity contribution in [1.29, 1.82) is 0 Å². The van der Waals surface area contributed by atoms with Gasteiger partial charge in [-0.3, -0.25) is 4.98 Å². The van der Waals surface area contributed by atoms with E-state index in [1.54, 1.807) is 30.5 Å². The normalized spacial score (nSPS) is 11.1. The van der Waals surface area contributed by atoms with Crippen LogP contribution in [-0.4, -0.2) is 22.5 Å². The summed E-state index contributed by atoms with van der Waals surface area (Å²) in [5.41, 5.74) is 2.69. The number of hydrogen-bond acceptors (Lipinski definition) is 6. The summed E-state index contributed by atoms with van der Waals surface area (Å²) >= 11 is 0. The Morgan fingerprint density at radius 1 is 1.07 bits per heavy atom. The summed E-state index contributed by atoms with van der Waals surface area (Å²) < 4.78 is 16.5. The Morgan fingerprint density at radius 2 is 1.90 bits per heavy atom. The summed E-state index contributed by atoms with van der Waals surface area (Å²) in [6.07, 6.45) is 4.73. The predicted octanol–water partition coefficient (Wildman–Crippen LogP) is 4.91. The summed E-state index contributed by atoms with van der Waals surface area (Å²) in [7, 11) is 0. The summed E-state index contributed by atoms with van der Waals surface area (Å²) in [6.45, 7) is 2.54. The molecule has 4 aromatic rings. The lowest BCUT2D eigenvalue weighted by Gasteiger charge is -2.02. The minimum atomic E-state index is -0.484. The third-order valence-corrected chi connectivity index (χ3v) is 4.07. The predicted molar refractivity (Wildman–Crippen MR) is 110 cm³/mol. The number of aromatic nitrogens is 2. The summed E-state index contributed by atoms with van der Waals surface area (Å²) in [4.78, 5) is 20.8. The second-order valence-corrected chi connectivity index (χ2v) is 6.12. The van der Waals surface area contributed by atoms with Gasteiger partial charge in [-0.05, 0) is 55.0 Å². The highest BCUT2D eigenvalue weighted by molar-refractivity contribution is 5.89. The van der Waals surface area contributed by atoms with Gasteiger partial charge in [0.2, 0.25) is 5.89 Å². The van der Waals surface area contributed by atoms with E-state index >= 15 is 0 Å². The Morgan fingerprint density at radius 3 is 2.66 bits per heavy atom. The number of benzene rings is 2. The molecule has 6 nitrogen and oxygen atoms in total. The molecule has 0 saturated heterocycles. The summed E-state index contributed by atoms with van der Waals surface area (Å²) in [6, 6.07) is 18.0. The van der Waals surface area contributed by atoms with Crippen LogP contribution in [0.25, 0.3) is 28.8 Å². The molecular weight excluding hydrogens is 368 g/mol. The van der Waals surface area contributed by atoms with E-state index in [4.69, 9.17) is 13.9 Å². The van der Waals surface area contributed by atoms with Crippen molar-refractivity contribution in [2.45, 2.75) is 6.92 Å². The van der Waals surface area contributed by atoms with Gasteiger partial charge in [-0.1, -0.05) is 18.2 Å². The van der Waals surface area contributed by atoms with E-state index in [0.29, 0.717) is 35.0 Å². The smallest absolute Gasteiger partial charge is 0.336 e. The molecule has 2 aromatic heterocycles. The van der Waals surface area contributed by atoms with Crippen molar-refractivity contribution in [3.63, 3.8) is 0 Å². The lowest BCUT2D eigenvalue weighted by molar-refractivity contribution is -0.128. The Labute approximate surface area is 167 Å². The van der Waals surface area contributed by atoms with Gasteiger partial charge in [0.15, 0.2) is 5.58 Å². The van der Waals surface area contributed by atoms with Gasteiger partial charge in [-0.2, -0.15) is 0 Å². The Hall–Kier alpha value is -3.93. The van der Waals surface area contributed by atoms with Gasteiger partial charge in [-0.15, -0.1) is 0 Å². The van der Waals surface area contributed by atoms with Gasteiger partial charge in [-0.25, -0.2) is 9.78 Å². The van der Waals surface area contributed by atoms with E-state index in [1.807, 2.05) is 49.4 Å². The van der Waals surface area contributed by atoms with Crippen LogP contribution in [-0.2, 0) is 4.79 Å². The number of carbonyl (C=O) groups is 1. The maximum absolute atomic E-state index is 12.1. The van der Waals surface area contributed by atoms with E-state index in [1.165, 1.54) is 6.08 Å². The highest BCUT2D eigenvalue weighted by atomic mass is 16.5. The summed E-state index contributed by atoms with van der Waals surface area (Å²) in [5, 5.41) is 0. The van der Waals surface area contributed by atoms with Gasteiger partial charge in [0.05, 0.1) is 6.61 Å². The maximum Gasteiger partial charge on any atom is 0.336 e. The number of pyridine rings is 1. The van der Waals surface area contributed by atoms with Crippen LogP contribution >= 0.6 is 0 Å². The molecule has 0 amide bonds. The molecule has 0 aliphatic carbocycles. The van der Waals surface area contributed by atoms with Crippen molar-refractivity contribution in [2.24, 2.45) is 0 Å². The number of esters is 1. The van der Waals surface area contributed by atoms with Crippen molar-refractivity contribution >= 4 is 23.1 Å². The first kappa shape index (κ1) is 18.4. The molecule has 2 heterocycles. The zero-order chi connectivity index (χ0) is 20.1. The molecule has 0 saturated carbocycles. The van der Waals surface area contributed by atoms with Crippen LogP contribution in [0.15, 0.2) is 77.4 Å². The van der Waals surface area contributed by atoms with Crippen LogP contribution in [0, 0.1) is 0 Å². The zero-order valence-corrected chi connectivity index (χ0v) is 15.7. The lowest BCUT2D eigenvalue weighted by atomic mass is 10.2. The third-order valence-electron chi connectivity index (χ3n) is 4.07. The van der Waals surface area contributed by atoms with Crippen LogP contribution in [0.3, 0.4) is 0 Å². The molecule has 2 aromatic carbocycles. The minimum absolute atomic E-state index is 0.377. The van der Waals surface area contributed by atoms with Gasteiger partial charge in [0.1, 0.15) is 22.7 Å². The fraction of sp³-hybridized carbons (Fsp3) is 0.0870. The molecule has 0 unspecified atom stereocenters. The Bertz CT molecular complexity index is 1150. The number of nitrogens with zero attached hydrogens (tertiary/aromatic N) is 2. The lowest BCUT2D eigenvalue weighted by Crippen LogP contribution is -2.03. The van der Waals surface area contributed by atoms with Crippen LogP contribution in [0.2, 0.25) is 0 Å². The van der Waals surface area contributed by atoms with Crippen molar-refractivity contribution in [1.82, 2.24) is 9.97 Å². The first-order chi connectivity index (χ1) is 14.2. The standard InChI is InChI=1S/C23H18N2O4/c1-2-27-17-9-6-16(7-10-17)8-13-22(26)28-18-11-12-19-21(15-18)29-23(25-19)20-5-3-4-14-24-20/h3-15H,2H2,1H3/b13-8+. The maximum atomic E-state index is 12.1. The molecule has 6 heteroatoms. The Balaban J connectivity index is 1.45. The number of oxazole rings is 1. The van der Waals surface area contributed by atoms with E-state index < -0.39 is 5.97 Å². The van der Waals surface area contributed by atoms with Crippen LogP contribution in [0.1, 0.15) is 12.5 Å². The largest absolute Gasteiger partial charge is 0.494 e. The number of fused-ring (bicyclic) bond motifs is 1. The van der Waals surface area contributed by atoms with E-state index in [-0.39, 0.29) is 0 Å². The highest BCUT2D eigenvalue weighted by Crippen LogP contribution is 2.26. The molecule has 0 radical (unpaired) electrons. The number of ether oxygens (including phenoxy) is 2. The van der Waals surface area contributed by atoms with Gasteiger partial charge in [0.25, 0.3) is 0 Å². The van der Waals surface area contributed by atoms with Gasteiger partial charge >= 0.3 is 5.97 Å². The van der Waals surface area contributed by atoms with E-state index in [0.717, 1.165) is 11.3 Å². The molecule has 0 aliphatic rings. The molecule has 0 spiro atoms. The van der Waals surface area contributed by atoms with Gasteiger partial charge in [0, 0.05) is 18.3 Å². The van der Waals surface area contributed by atoms with E-state index in [2.05, 4.69) is 9.97 Å².